The fraction of sp³-hybridized carbons (Fsp3) is 0.176. The Morgan fingerprint density at radius 2 is 0.522 bits per heavy atom. The van der Waals surface area contributed by atoms with Crippen molar-refractivity contribution in [3.05, 3.63) is 507 Å². The van der Waals surface area contributed by atoms with Gasteiger partial charge in [0.05, 0.1) is 67.8 Å². The molecule has 0 saturated heterocycles. The third-order valence-corrected chi connectivity index (χ3v) is 26.4. The fourth-order valence-electron chi connectivity index (χ4n) is 18.5. The number of aryl methyl sites for hydroxylation is 8. The number of halogens is 3. The summed E-state index contributed by atoms with van der Waals surface area (Å²) in [5, 5.41) is 2.30. The first-order valence-corrected chi connectivity index (χ1v) is 46.6. The average Bonchev–Trinajstić information content (AvgIpc) is 0.760. The monoisotopic (exact) mass is 1830 g/mol. The standard InChI is InChI=1S/C31H29N3O.C30H25F2N3O.C30H26FN3O.C28H29N3O/c1-22-14-16-26(17-15-22)33(3)27-18-19-29-28(21-27)31(35)34(23(2)32-29)30(25-12-8-5-9-13-25)20-24-10-6-4-7-11-24;1-19-4-14-25(15-5-19)34(3)26-16-17-28-27(18-26)30(36)35(20(2)33-28)29(21-6-10-23(31)11-7-21)22-8-12-24(32)13-9-22;1-20-9-15-25(16-10-20)33(3)26-17-18-28-27(19-26)30(35)34(21(2)32-28)29(22-7-5-4-6-8-22)23-11-13-24(31)14-12-23;1-19-12-14-23(15-13-19)30(3)24-16-17-26-25(18-24)28(32)31(20(2)29-26)27(22-10-7-11-22)21-8-5-4-6-9-21/h4-19,21,30H,20H2,1-3H3;4-18,29H,1-3H3;4-19,29H,1-3H3;4-6,8-9,12-18,22,27H,7,10-11H2,1-3H3. The number of nitrogens with zero attached hydrogens (tertiary/aromatic N) is 12. The highest BCUT2D eigenvalue weighted by Gasteiger charge is 2.33. The quantitative estimate of drug-likeness (QED) is 0.0673. The minimum absolute atomic E-state index is 0.0172. The Bertz CT molecular complexity index is 7760. The van der Waals surface area contributed by atoms with Gasteiger partial charge < -0.3 is 19.6 Å². The minimum atomic E-state index is -0.603. The molecule has 1 saturated carbocycles. The van der Waals surface area contributed by atoms with Gasteiger partial charge in [0.2, 0.25) is 0 Å². The zero-order valence-electron chi connectivity index (χ0n) is 79.5. The van der Waals surface area contributed by atoms with Gasteiger partial charge in [0.25, 0.3) is 22.2 Å². The Kier molecular flexibility index (Phi) is 28.1. The molecule has 0 aliphatic heterocycles. The topological polar surface area (TPSA) is 153 Å². The van der Waals surface area contributed by atoms with Crippen molar-refractivity contribution in [3.8, 4) is 0 Å². The lowest BCUT2D eigenvalue weighted by Gasteiger charge is -2.36. The smallest absolute Gasteiger partial charge is 0.262 e. The SMILES string of the molecule is Cc1ccc(N(C)c2ccc3nc(C)n(C(Cc4ccccc4)c4ccccc4)c(=O)c3c2)cc1.Cc1ccc(N(C)c2ccc3nc(C)n(C(c4ccc(F)cc4)c4ccc(F)cc4)c(=O)c3c2)cc1.Cc1ccc(N(C)c2ccc3nc(C)n(C(c4ccccc4)C4CCC4)c(=O)c3c2)cc1.Cc1ccc(N(C)c2ccc3nc(C)n(C(c4ccccc4)c4ccc(F)cc4)c(=O)c3c2)cc1. The Balaban J connectivity index is 0.000000127. The van der Waals surface area contributed by atoms with E-state index in [1.165, 1.54) is 76.2 Å². The highest BCUT2D eigenvalue weighted by Crippen LogP contribution is 2.42. The second-order valence-electron chi connectivity index (χ2n) is 35.8. The van der Waals surface area contributed by atoms with Crippen molar-refractivity contribution in [1.29, 1.82) is 0 Å². The molecular formula is C119H109F3N12O4. The number of anilines is 8. The summed E-state index contributed by atoms with van der Waals surface area (Å²) in [5.41, 5.74) is 21.7. The molecule has 4 heterocycles. The zero-order chi connectivity index (χ0) is 96.5. The first-order valence-electron chi connectivity index (χ1n) is 46.6. The number of hydrogen-bond acceptors (Lipinski definition) is 12. The Labute approximate surface area is 801 Å². The molecule has 0 spiro atoms. The summed E-state index contributed by atoms with van der Waals surface area (Å²) in [6.45, 7) is 15.8. The van der Waals surface area contributed by atoms with E-state index in [1.807, 2.05) is 240 Å². The van der Waals surface area contributed by atoms with Gasteiger partial charge in [-0.3, -0.25) is 37.4 Å². The highest BCUT2D eigenvalue weighted by atomic mass is 19.1. The van der Waals surface area contributed by atoms with Gasteiger partial charge in [0, 0.05) is 73.7 Å². The summed E-state index contributed by atoms with van der Waals surface area (Å²) in [4.78, 5) is 83.3. The molecule has 0 amide bonds. The Hall–Kier alpha value is -16.2. The number of hydrogen-bond donors (Lipinski definition) is 0. The van der Waals surface area contributed by atoms with Gasteiger partial charge in [-0.2, -0.15) is 0 Å². The lowest BCUT2D eigenvalue weighted by atomic mass is 9.77. The molecule has 0 N–H and O–H groups in total. The predicted octanol–water partition coefficient (Wildman–Crippen LogP) is 26.0. The van der Waals surface area contributed by atoms with Crippen LogP contribution in [0.5, 0.6) is 0 Å². The second kappa shape index (κ2) is 41.4. The van der Waals surface area contributed by atoms with Crippen molar-refractivity contribution >= 4 is 89.1 Å². The third kappa shape index (κ3) is 20.4. The van der Waals surface area contributed by atoms with Crippen molar-refractivity contribution in [2.75, 3.05) is 47.8 Å². The molecule has 138 heavy (non-hydrogen) atoms. The molecule has 16 nitrogen and oxygen atoms in total. The van der Waals surface area contributed by atoms with Gasteiger partial charge in [-0.15, -0.1) is 0 Å². The molecule has 3 atom stereocenters. The van der Waals surface area contributed by atoms with Crippen LogP contribution in [0.25, 0.3) is 43.6 Å². The van der Waals surface area contributed by atoms with Crippen LogP contribution in [0.3, 0.4) is 0 Å². The van der Waals surface area contributed by atoms with E-state index in [0.29, 0.717) is 73.5 Å². The van der Waals surface area contributed by atoms with E-state index >= 15 is 0 Å². The van der Waals surface area contributed by atoms with Crippen LogP contribution < -0.4 is 41.8 Å². The molecule has 19 aromatic rings. The maximum Gasteiger partial charge on any atom is 0.262 e. The predicted molar refractivity (Wildman–Crippen MR) is 557 cm³/mol. The molecule has 1 aliphatic carbocycles. The summed E-state index contributed by atoms with van der Waals surface area (Å²) in [7, 11) is 7.99. The van der Waals surface area contributed by atoms with Gasteiger partial charge in [-0.25, -0.2) is 33.1 Å². The molecule has 0 radical (unpaired) electrons. The summed E-state index contributed by atoms with van der Waals surface area (Å²) >= 11 is 0. The third-order valence-electron chi connectivity index (χ3n) is 26.4. The van der Waals surface area contributed by atoms with Crippen molar-refractivity contribution < 1.29 is 13.2 Å². The molecule has 3 unspecified atom stereocenters. The van der Waals surface area contributed by atoms with Gasteiger partial charge in [-0.05, 0) is 277 Å². The van der Waals surface area contributed by atoms with Crippen LogP contribution in [0.4, 0.5) is 58.7 Å². The normalized spacial score (nSPS) is 12.5. The van der Waals surface area contributed by atoms with Crippen molar-refractivity contribution in [2.45, 2.75) is 105 Å². The lowest BCUT2D eigenvalue weighted by Crippen LogP contribution is -2.35. The van der Waals surface area contributed by atoms with Gasteiger partial charge in [-0.1, -0.05) is 235 Å². The Morgan fingerprint density at radius 3 is 0.819 bits per heavy atom. The maximum absolute atomic E-state index is 14.0. The summed E-state index contributed by atoms with van der Waals surface area (Å²) < 4.78 is 48.3. The minimum Gasteiger partial charge on any atom is -0.345 e. The molecule has 20 rings (SSSR count). The highest BCUT2D eigenvalue weighted by molar-refractivity contribution is 5.87. The van der Waals surface area contributed by atoms with Crippen molar-refractivity contribution in [1.82, 2.24) is 38.2 Å². The van der Waals surface area contributed by atoms with E-state index < -0.39 is 12.1 Å². The molecule has 4 aromatic heterocycles. The molecule has 690 valence electrons. The van der Waals surface area contributed by atoms with Crippen molar-refractivity contribution in [2.24, 2.45) is 5.92 Å². The molecular weight excluding hydrogens is 1720 g/mol. The van der Waals surface area contributed by atoms with Gasteiger partial charge in [0.1, 0.15) is 40.7 Å². The molecule has 1 aliphatic rings. The Morgan fingerprint density at radius 1 is 0.275 bits per heavy atom. The number of benzene rings is 15. The van der Waals surface area contributed by atoms with Gasteiger partial charge in [0.15, 0.2) is 0 Å². The van der Waals surface area contributed by atoms with Crippen LogP contribution in [0.15, 0.2) is 383 Å². The number of rotatable bonds is 21. The molecule has 1 fully saturated rings. The van der Waals surface area contributed by atoms with Crippen LogP contribution >= 0.6 is 0 Å². The maximum atomic E-state index is 14.0. The van der Waals surface area contributed by atoms with Crippen LogP contribution in [-0.2, 0) is 6.42 Å². The number of aromatic nitrogens is 8. The summed E-state index contributed by atoms with van der Waals surface area (Å²) in [5.74, 6) is 2.01. The van der Waals surface area contributed by atoms with Gasteiger partial charge >= 0.3 is 0 Å². The fourth-order valence-corrected chi connectivity index (χ4v) is 18.5. The van der Waals surface area contributed by atoms with E-state index in [9.17, 15) is 32.3 Å². The van der Waals surface area contributed by atoms with Crippen LogP contribution in [-0.4, -0.2) is 66.4 Å². The van der Waals surface area contributed by atoms with Crippen LogP contribution in [0, 0.1) is 78.8 Å². The van der Waals surface area contributed by atoms with E-state index in [2.05, 4.69) is 157 Å². The second-order valence-corrected chi connectivity index (χ2v) is 35.8. The average molecular weight is 1830 g/mol. The summed E-state index contributed by atoms with van der Waals surface area (Å²) in [6.07, 6.45) is 4.25. The van der Waals surface area contributed by atoms with Crippen molar-refractivity contribution in [3.63, 3.8) is 0 Å². The molecule has 19 heteroatoms. The van der Waals surface area contributed by atoms with Crippen LogP contribution in [0.1, 0.15) is 128 Å². The lowest BCUT2D eigenvalue weighted by molar-refractivity contribution is 0.231. The molecule has 15 aromatic carbocycles. The van der Waals surface area contributed by atoms with E-state index in [0.717, 1.165) is 91.9 Å². The zero-order valence-corrected chi connectivity index (χ0v) is 79.5. The first-order chi connectivity index (χ1) is 66.8. The summed E-state index contributed by atoms with van der Waals surface area (Å²) in [6, 6.07) is 114. The van der Waals surface area contributed by atoms with E-state index in [-0.39, 0.29) is 51.8 Å². The molecule has 0 bridgehead atoms. The first kappa shape index (κ1) is 93.6. The number of fused-ring (bicyclic) bond motifs is 4. The van der Waals surface area contributed by atoms with E-state index in [1.54, 1.807) is 52.5 Å². The largest absolute Gasteiger partial charge is 0.345 e. The van der Waals surface area contributed by atoms with Crippen LogP contribution in [0.2, 0.25) is 0 Å². The van der Waals surface area contributed by atoms with E-state index in [4.69, 9.17) is 19.9 Å².